The molecule has 0 spiro atoms. The minimum absolute atomic E-state index is 0.00996. The molecule has 0 aliphatic carbocycles. The quantitative estimate of drug-likeness (QED) is 0.353. The van der Waals surface area contributed by atoms with Crippen molar-refractivity contribution in [3.63, 3.8) is 0 Å². The Kier molecular flexibility index (Phi) is 5.74. The molecule has 1 saturated heterocycles. The molecule has 0 amide bonds. The maximum atomic E-state index is 10.9. The molecule has 0 N–H and O–H groups in total. The number of halogens is 1. The highest BCUT2D eigenvalue weighted by atomic mass is 35.5. The van der Waals surface area contributed by atoms with Crippen LogP contribution < -0.4 is 0 Å². The van der Waals surface area contributed by atoms with E-state index in [0.29, 0.717) is 10.6 Å². The molecular formula is C22H21ClN4O2. The minimum Gasteiger partial charge on any atom is -0.295 e. The van der Waals surface area contributed by atoms with E-state index in [2.05, 4.69) is 52.5 Å². The van der Waals surface area contributed by atoms with Gasteiger partial charge in [0, 0.05) is 55.4 Å². The lowest BCUT2D eigenvalue weighted by atomic mass is 10.0. The van der Waals surface area contributed by atoms with E-state index in [4.69, 9.17) is 11.6 Å². The third-order valence-corrected chi connectivity index (χ3v) is 5.52. The number of nitro groups is 1. The summed E-state index contributed by atoms with van der Waals surface area (Å²) in [5.74, 6) is 0. The molecule has 1 fully saturated rings. The normalized spacial score (nSPS) is 15.3. The zero-order valence-electron chi connectivity index (χ0n) is 15.9. The Morgan fingerprint density at radius 2 is 1.79 bits per heavy atom. The van der Waals surface area contributed by atoms with Crippen LogP contribution in [0.25, 0.3) is 10.8 Å². The highest BCUT2D eigenvalue weighted by Gasteiger charge is 2.16. The molecule has 0 atom stereocenters. The van der Waals surface area contributed by atoms with Gasteiger partial charge in [-0.1, -0.05) is 54.1 Å². The van der Waals surface area contributed by atoms with Gasteiger partial charge in [-0.05, 0) is 22.4 Å². The first-order valence-electron chi connectivity index (χ1n) is 9.52. The van der Waals surface area contributed by atoms with Gasteiger partial charge < -0.3 is 0 Å². The average Bonchev–Trinajstić information content (AvgIpc) is 2.74. The molecule has 0 saturated carbocycles. The Labute approximate surface area is 174 Å². The van der Waals surface area contributed by atoms with Crippen LogP contribution in [0, 0.1) is 10.1 Å². The van der Waals surface area contributed by atoms with E-state index in [-0.39, 0.29) is 5.69 Å². The van der Waals surface area contributed by atoms with Crippen LogP contribution in [0.2, 0.25) is 5.02 Å². The highest BCUT2D eigenvalue weighted by Crippen LogP contribution is 2.22. The molecule has 3 aromatic carbocycles. The van der Waals surface area contributed by atoms with Crippen LogP contribution in [0.3, 0.4) is 0 Å². The number of non-ortho nitro benzene ring substituents is 1. The molecule has 0 unspecified atom stereocenters. The van der Waals surface area contributed by atoms with Crippen molar-refractivity contribution in [1.82, 2.24) is 9.91 Å². The number of piperazine rings is 1. The maximum absolute atomic E-state index is 10.9. The van der Waals surface area contributed by atoms with Crippen molar-refractivity contribution < 1.29 is 4.92 Å². The lowest BCUT2D eigenvalue weighted by Crippen LogP contribution is -2.43. The van der Waals surface area contributed by atoms with Gasteiger partial charge in [0.25, 0.3) is 5.69 Å². The summed E-state index contributed by atoms with van der Waals surface area (Å²) in [6.45, 7) is 4.32. The van der Waals surface area contributed by atoms with E-state index < -0.39 is 4.92 Å². The van der Waals surface area contributed by atoms with Gasteiger partial charge in [0.15, 0.2) is 0 Å². The lowest BCUT2D eigenvalue weighted by molar-refractivity contribution is -0.384. The van der Waals surface area contributed by atoms with Gasteiger partial charge in [0.1, 0.15) is 0 Å². The Morgan fingerprint density at radius 1 is 1.03 bits per heavy atom. The molecule has 1 aliphatic heterocycles. The number of rotatable bonds is 5. The number of nitro benzene ring substituents is 1. The van der Waals surface area contributed by atoms with Crippen molar-refractivity contribution in [3.05, 3.63) is 86.9 Å². The molecule has 148 valence electrons. The topological polar surface area (TPSA) is 62.0 Å². The molecule has 3 aromatic rings. The van der Waals surface area contributed by atoms with E-state index in [1.54, 1.807) is 6.21 Å². The zero-order chi connectivity index (χ0) is 20.2. The summed E-state index contributed by atoms with van der Waals surface area (Å²) in [4.78, 5) is 12.9. The summed E-state index contributed by atoms with van der Waals surface area (Å²) in [5, 5.41) is 20.4. The number of nitrogens with zero attached hydrogens (tertiary/aromatic N) is 4. The van der Waals surface area contributed by atoms with Crippen molar-refractivity contribution in [2.45, 2.75) is 6.54 Å². The van der Waals surface area contributed by atoms with E-state index in [1.165, 1.54) is 34.5 Å². The summed E-state index contributed by atoms with van der Waals surface area (Å²) in [5.41, 5.74) is 1.90. The largest absolute Gasteiger partial charge is 0.295 e. The maximum Gasteiger partial charge on any atom is 0.270 e. The summed E-state index contributed by atoms with van der Waals surface area (Å²) >= 11 is 6.14. The second-order valence-corrected chi connectivity index (χ2v) is 7.48. The standard InChI is InChI=1S/C22H21ClN4O2/c23-22-9-8-20(27(28)29)14-19(22)15-24-26-12-10-25(11-13-26)16-18-6-3-5-17-4-1-2-7-21(17)18/h1-9,14-15H,10-13,16H2. The van der Waals surface area contributed by atoms with Gasteiger partial charge in [-0.15, -0.1) is 0 Å². The average molecular weight is 409 g/mol. The number of fused-ring (bicyclic) bond motifs is 1. The minimum atomic E-state index is -0.431. The second kappa shape index (κ2) is 8.59. The molecule has 4 rings (SSSR count). The molecule has 1 aliphatic rings. The van der Waals surface area contributed by atoms with Crippen LogP contribution in [-0.4, -0.2) is 47.2 Å². The SMILES string of the molecule is O=[N+]([O-])c1ccc(Cl)c(C=NN2CCN(Cc3cccc4ccccc34)CC2)c1. The van der Waals surface area contributed by atoms with Gasteiger partial charge in [-0.25, -0.2) is 0 Å². The molecule has 0 radical (unpaired) electrons. The third kappa shape index (κ3) is 4.55. The van der Waals surface area contributed by atoms with Crippen LogP contribution in [0.4, 0.5) is 5.69 Å². The molecule has 1 heterocycles. The number of hydrazone groups is 1. The number of hydrogen-bond acceptors (Lipinski definition) is 5. The summed E-state index contributed by atoms with van der Waals surface area (Å²) < 4.78 is 0. The fourth-order valence-corrected chi connectivity index (χ4v) is 3.74. The fourth-order valence-electron chi connectivity index (χ4n) is 3.57. The monoisotopic (exact) mass is 408 g/mol. The fraction of sp³-hybridized carbons (Fsp3) is 0.227. The van der Waals surface area contributed by atoms with E-state index in [1.807, 2.05) is 5.01 Å². The first kappa shape index (κ1) is 19.4. The van der Waals surface area contributed by atoms with Gasteiger partial charge in [-0.3, -0.25) is 20.0 Å². The predicted molar refractivity (Wildman–Crippen MR) is 116 cm³/mol. The Bertz CT molecular complexity index is 1060. The van der Waals surface area contributed by atoms with Crippen molar-refractivity contribution in [3.8, 4) is 0 Å². The molecular weight excluding hydrogens is 388 g/mol. The van der Waals surface area contributed by atoms with Crippen molar-refractivity contribution in [1.29, 1.82) is 0 Å². The van der Waals surface area contributed by atoms with Gasteiger partial charge >= 0.3 is 0 Å². The summed E-state index contributed by atoms with van der Waals surface area (Å²) in [6, 6.07) is 19.3. The van der Waals surface area contributed by atoms with E-state index in [9.17, 15) is 10.1 Å². The van der Waals surface area contributed by atoms with Gasteiger partial charge in [0.2, 0.25) is 0 Å². The Hall–Kier alpha value is -2.96. The summed E-state index contributed by atoms with van der Waals surface area (Å²) in [6.07, 6.45) is 1.61. The molecule has 0 aromatic heterocycles. The summed E-state index contributed by atoms with van der Waals surface area (Å²) in [7, 11) is 0. The zero-order valence-corrected chi connectivity index (χ0v) is 16.6. The smallest absolute Gasteiger partial charge is 0.270 e. The first-order chi connectivity index (χ1) is 14.1. The first-order valence-corrected chi connectivity index (χ1v) is 9.90. The Morgan fingerprint density at radius 3 is 2.59 bits per heavy atom. The van der Waals surface area contributed by atoms with Crippen LogP contribution in [0.5, 0.6) is 0 Å². The van der Waals surface area contributed by atoms with Crippen LogP contribution in [0.1, 0.15) is 11.1 Å². The molecule has 29 heavy (non-hydrogen) atoms. The molecule has 7 heteroatoms. The van der Waals surface area contributed by atoms with Crippen molar-refractivity contribution in [2.75, 3.05) is 26.2 Å². The van der Waals surface area contributed by atoms with E-state index in [0.717, 1.165) is 32.7 Å². The predicted octanol–water partition coefficient (Wildman–Crippen LogP) is 4.55. The van der Waals surface area contributed by atoms with Gasteiger partial charge in [0.05, 0.1) is 11.1 Å². The van der Waals surface area contributed by atoms with Crippen molar-refractivity contribution >= 4 is 34.3 Å². The molecule has 6 nitrogen and oxygen atoms in total. The van der Waals surface area contributed by atoms with E-state index >= 15 is 0 Å². The number of benzene rings is 3. The number of hydrogen-bond donors (Lipinski definition) is 0. The lowest BCUT2D eigenvalue weighted by Gasteiger charge is -2.33. The van der Waals surface area contributed by atoms with Crippen LogP contribution >= 0.6 is 11.6 Å². The Balaban J connectivity index is 1.38. The van der Waals surface area contributed by atoms with Crippen LogP contribution in [-0.2, 0) is 6.54 Å². The third-order valence-electron chi connectivity index (χ3n) is 5.17. The van der Waals surface area contributed by atoms with Crippen LogP contribution in [0.15, 0.2) is 65.8 Å². The van der Waals surface area contributed by atoms with Gasteiger partial charge in [-0.2, -0.15) is 5.10 Å². The molecule has 0 bridgehead atoms. The highest BCUT2D eigenvalue weighted by molar-refractivity contribution is 6.33. The second-order valence-electron chi connectivity index (χ2n) is 7.08. The van der Waals surface area contributed by atoms with Crippen molar-refractivity contribution in [2.24, 2.45) is 5.10 Å².